The van der Waals surface area contributed by atoms with E-state index in [-0.39, 0.29) is 6.04 Å². The third-order valence-corrected chi connectivity index (χ3v) is 4.37. The average Bonchev–Trinajstić information content (AvgIpc) is 2.79. The molecule has 2 aromatic rings. The Hall–Kier alpha value is -1.32. The number of hydrogen-bond acceptors (Lipinski definition) is 2. The maximum atomic E-state index is 6.32. The molecule has 1 fully saturated rings. The second-order valence-electron chi connectivity index (χ2n) is 5.57. The Balaban J connectivity index is 2.20. The molecule has 1 aliphatic heterocycles. The fourth-order valence-corrected chi connectivity index (χ4v) is 3.36. The summed E-state index contributed by atoms with van der Waals surface area (Å²) in [6.07, 6.45) is 0. The van der Waals surface area contributed by atoms with E-state index in [1.54, 1.807) is 0 Å². The van der Waals surface area contributed by atoms with Crippen LogP contribution in [0.4, 0.5) is 0 Å². The van der Waals surface area contributed by atoms with Crippen molar-refractivity contribution in [1.82, 2.24) is 9.47 Å². The molecule has 2 atom stereocenters. The van der Waals surface area contributed by atoms with E-state index in [4.69, 9.17) is 5.73 Å². The van der Waals surface area contributed by atoms with Crippen LogP contribution in [0.25, 0.3) is 10.9 Å². The second kappa shape index (κ2) is 4.11. The first-order valence-corrected chi connectivity index (χ1v) is 6.57. The van der Waals surface area contributed by atoms with Crippen LogP contribution in [0.2, 0.25) is 0 Å². The molecule has 2 unspecified atom stereocenters. The van der Waals surface area contributed by atoms with Crippen molar-refractivity contribution in [3.63, 3.8) is 0 Å². The van der Waals surface area contributed by atoms with Crippen LogP contribution in [0.5, 0.6) is 0 Å². The van der Waals surface area contributed by atoms with Gasteiger partial charge >= 0.3 is 0 Å². The molecule has 1 saturated heterocycles. The SMILES string of the molecule is Cc1c(C2CN(C)CC2N)c2ccccc2n1C. The average molecular weight is 243 g/mol. The summed E-state index contributed by atoms with van der Waals surface area (Å²) in [7, 11) is 4.30. The highest BCUT2D eigenvalue weighted by Gasteiger charge is 2.32. The van der Waals surface area contributed by atoms with Crippen molar-refractivity contribution in [2.45, 2.75) is 18.9 Å². The summed E-state index contributed by atoms with van der Waals surface area (Å²) < 4.78 is 2.29. The molecule has 0 amide bonds. The first-order chi connectivity index (χ1) is 8.59. The Labute approximate surface area is 108 Å². The van der Waals surface area contributed by atoms with Crippen molar-refractivity contribution < 1.29 is 0 Å². The highest BCUT2D eigenvalue weighted by atomic mass is 15.1. The molecule has 0 aliphatic carbocycles. The molecule has 18 heavy (non-hydrogen) atoms. The molecule has 3 heteroatoms. The third kappa shape index (κ3) is 1.58. The van der Waals surface area contributed by atoms with Gasteiger partial charge in [0, 0.05) is 48.7 Å². The molecular weight excluding hydrogens is 222 g/mol. The fourth-order valence-electron chi connectivity index (χ4n) is 3.36. The maximum absolute atomic E-state index is 6.32. The molecule has 0 bridgehead atoms. The van der Waals surface area contributed by atoms with E-state index in [1.165, 1.54) is 22.2 Å². The van der Waals surface area contributed by atoms with Crippen LogP contribution in [0.15, 0.2) is 24.3 Å². The molecular formula is C15H21N3. The summed E-state index contributed by atoms with van der Waals surface area (Å²) in [4.78, 5) is 2.33. The topological polar surface area (TPSA) is 34.2 Å². The van der Waals surface area contributed by atoms with Crippen LogP contribution in [0.1, 0.15) is 17.2 Å². The van der Waals surface area contributed by atoms with E-state index in [1.807, 2.05) is 0 Å². The van der Waals surface area contributed by atoms with Crippen molar-refractivity contribution >= 4 is 10.9 Å². The van der Waals surface area contributed by atoms with Gasteiger partial charge in [-0.3, -0.25) is 0 Å². The summed E-state index contributed by atoms with van der Waals surface area (Å²) in [6.45, 7) is 4.27. The van der Waals surface area contributed by atoms with E-state index in [2.05, 4.69) is 54.8 Å². The van der Waals surface area contributed by atoms with Crippen molar-refractivity contribution in [3.05, 3.63) is 35.5 Å². The molecule has 1 aromatic heterocycles. The zero-order chi connectivity index (χ0) is 12.9. The van der Waals surface area contributed by atoms with Crippen molar-refractivity contribution in [2.75, 3.05) is 20.1 Å². The Bertz CT molecular complexity index is 585. The smallest absolute Gasteiger partial charge is 0.0482 e. The number of nitrogens with two attached hydrogens (primary N) is 1. The summed E-state index contributed by atoms with van der Waals surface area (Å²) in [5.41, 5.74) is 10.4. The van der Waals surface area contributed by atoms with Gasteiger partial charge in [0.15, 0.2) is 0 Å². The third-order valence-electron chi connectivity index (χ3n) is 4.37. The van der Waals surface area contributed by atoms with Crippen LogP contribution < -0.4 is 5.73 Å². The normalized spacial score (nSPS) is 25.1. The predicted octanol–water partition coefficient (Wildman–Crippen LogP) is 1.84. The second-order valence-corrected chi connectivity index (χ2v) is 5.57. The summed E-state index contributed by atoms with van der Waals surface area (Å²) >= 11 is 0. The Morgan fingerprint density at radius 3 is 2.56 bits per heavy atom. The van der Waals surface area contributed by atoms with Gasteiger partial charge in [-0.2, -0.15) is 0 Å². The molecule has 0 saturated carbocycles. The Morgan fingerprint density at radius 1 is 1.17 bits per heavy atom. The van der Waals surface area contributed by atoms with Gasteiger partial charge in [-0.1, -0.05) is 18.2 Å². The number of fused-ring (bicyclic) bond motifs is 1. The van der Waals surface area contributed by atoms with E-state index < -0.39 is 0 Å². The largest absolute Gasteiger partial charge is 0.348 e. The van der Waals surface area contributed by atoms with Crippen LogP contribution in [0.3, 0.4) is 0 Å². The highest BCUT2D eigenvalue weighted by molar-refractivity contribution is 5.86. The lowest BCUT2D eigenvalue weighted by molar-refractivity contribution is 0.407. The number of rotatable bonds is 1. The summed E-state index contributed by atoms with van der Waals surface area (Å²) in [5.74, 6) is 0.459. The minimum absolute atomic E-state index is 0.250. The van der Waals surface area contributed by atoms with Crippen LogP contribution in [0, 0.1) is 6.92 Å². The molecule has 1 aliphatic rings. The lowest BCUT2D eigenvalue weighted by Crippen LogP contribution is -2.28. The summed E-state index contributed by atoms with van der Waals surface area (Å²) in [5, 5.41) is 1.37. The van der Waals surface area contributed by atoms with Gasteiger partial charge in [0.1, 0.15) is 0 Å². The minimum atomic E-state index is 0.250. The molecule has 96 valence electrons. The standard InChI is InChI=1S/C15H21N3/c1-10-15(12-8-17(2)9-13(12)16)11-6-4-5-7-14(11)18(10)3/h4-7,12-13H,8-9,16H2,1-3H3. The number of hydrogen-bond donors (Lipinski definition) is 1. The molecule has 2 heterocycles. The van der Waals surface area contributed by atoms with Crippen LogP contribution in [-0.4, -0.2) is 35.6 Å². The lowest BCUT2D eigenvalue weighted by atomic mass is 9.92. The van der Waals surface area contributed by atoms with Gasteiger partial charge in [0.25, 0.3) is 0 Å². The monoisotopic (exact) mass is 243 g/mol. The van der Waals surface area contributed by atoms with E-state index in [0.29, 0.717) is 5.92 Å². The Morgan fingerprint density at radius 2 is 1.89 bits per heavy atom. The molecule has 3 nitrogen and oxygen atoms in total. The summed E-state index contributed by atoms with van der Waals surface area (Å²) in [6, 6.07) is 8.89. The number of aryl methyl sites for hydroxylation is 1. The predicted molar refractivity (Wildman–Crippen MR) is 75.9 cm³/mol. The van der Waals surface area contributed by atoms with E-state index >= 15 is 0 Å². The van der Waals surface area contributed by atoms with Gasteiger partial charge in [-0.05, 0) is 25.6 Å². The number of aromatic nitrogens is 1. The molecule has 3 rings (SSSR count). The van der Waals surface area contributed by atoms with Crippen molar-refractivity contribution in [3.8, 4) is 0 Å². The van der Waals surface area contributed by atoms with Gasteiger partial charge in [0.2, 0.25) is 0 Å². The maximum Gasteiger partial charge on any atom is 0.0482 e. The van der Waals surface area contributed by atoms with Crippen molar-refractivity contribution in [2.24, 2.45) is 12.8 Å². The first kappa shape index (κ1) is 11.8. The Kier molecular flexibility index (Phi) is 2.68. The molecule has 2 N–H and O–H groups in total. The molecule has 1 aromatic carbocycles. The van der Waals surface area contributed by atoms with Crippen LogP contribution in [-0.2, 0) is 7.05 Å². The van der Waals surface area contributed by atoms with Gasteiger partial charge in [-0.25, -0.2) is 0 Å². The van der Waals surface area contributed by atoms with E-state index in [9.17, 15) is 0 Å². The number of likely N-dealkylation sites (N-methyl/N-ethyl adjacent to an activating group) is 1. The van der Waals surface area contributed by atoms with Crippen molar-refractivity contribution in [1.29, 1.82) is 0 Å². The van der Waals surface area contributed by atoms with Gasteiger partial charge < -0.3 is 15.2 Å². The lowest BCUT2D eigenvalue weighted by Gasteiger charge is -2.15. The first-order valence-electron chi connectivity index (χ1n) is 6.57. The molecule has 0 spiro atoms. The zero-order valence-corrected chi connectivity index (χ0v) is 11.4. The number of nitrogens with zero attached hydrogens (tertiary/aromatic N) is 2. The fraction of sp³-hybridized carbons (Fsp3) is 0.467. The molecule has 0 radical (unpaired) electrons. The van der Waals surface area contributed by atoms with Gasteiger partial charge in [-0.15, -0.1) is 0 Å². The quantitative estimate of drug-likeness (QED) is 0.829. The van der Waals surface area contributed by atoms with Gasteiger partial charge in [0.05, 0.1) is 0 Å². The number of benzene rings is 1. The minimum Gasteiger partial charge on any atom is -0.348 e. The number of likely N-dealkylation sites (tertiary alicyclic amines) is 1. The van der Waals surface area contributed by atoms with Crippen LogP contribution >= 0.6 is 0 Å². The zero-order valence-electron chi connectivity index (χ0n) is 11.4. The highest BCUT2D eigenvalue weighted by Crippen LogP contribution is 2.35. The number of para-hydroxylation sites is 1. The van der Waals surface area contributed by atoms with E-state index in [0.717, 1.165) is 13.1 Å².